The molecule has 0 unspecified atom stereocenters. The van der Waals surface area contributed by atoms with Gasteiger partial charge in [-0.15, -0.1) is 0 Å². The molecule has 45 heavy (non-hydrogen) atoms. The van der Waals surface area contributed by atoms with Crippen LogP contribution in [0.4, 0.5) is 4.79 Å². The van der Waals surface area contributed by atoms with Gasteiger partial charge in [-0.05, 0) is 44.2 Å². The Morgan fingerprint density at radius 2 is 1.93 bits per heavy atom. The number of aromatic nitrogens is 1. The molecule has 0 aliphatic carbocycles. The quantitative estimate of drug-likeness (QED) is 0.221. The minimum Gasteiger partial charge on any atom is -0.496 e. The van der Waals surface area contributed by atoms with Gasteiger partial charge in [0.2, 0.25) is 5.88 Å². The van der Waals surface area contributed by atoms with Crippen molar-refractivity contribution in [1.82, 2.24) is 20.1 Å². The SMILES string of the molecule is COc1cc(OC)c2c(COc3cccc4[nH]c(OC(=O)NC5CCN(C[C@H](C)N6CC[C@H](O)[C@@H](C)C6)CC5)cc34)coc2c1. The second-order valence-electron chi connectivity index (χ2n) is 12.4. The van der Waals surface area contributed by atoms with E-state index >= 15 is 0 Å². The molecule has 6 rings (SSSR count). The molecule has 2 aliphatic heterocycles. The highest BCUT2D eigenvalue weighted by Crippen LogP contribution is 2.36. The number of H-pyrrole nitrogens is 1. The van der Waals surface area contributed by atoms with Gasteiger partial charge in [0.1, 0.15) is 29.4 Å². The number of nitrogens with zero attached hydrogens (tertiary/aromatic N) is 2. The Kier molecular flexibility index (Phi) is 9.39. The number of hydrogen-bond acceptors (Lipinski definition) is 9. The van der Waals surface area contributed by atoms with Gasteiger partial charge in [0.05, 0.1) is 37.5 Å². The lowest BCUT2D eigenvalue weighted by molar-refractivity contribution is 0.0116. The number of methoxy groups -OCH3 is 2. The number of amides is 1. The minimum absolute atomic E-state index is 0.0687. The van der Waals surface area contributed by atoms with Crippen LogP contribution in [0.5, 0.6) is 23.1 Å². The van der Waals surface area contributed by atoms with Crippen molar-refractivity contribution in [2.75, 3.05) is 46.9 Å². The number of likely N-dealkylation sites (tertiary alicyclic amines) is 2. The fourth-order valence-corrected chi connectivity index (χ4v) is 6.60. The molecular weight excluding hydrogens is 576 g/mol. The van der Waals surface area contributed by atoms with Gasteiger partial charge in [0.15, 0.2) is 0 Å². The molecule has 242 valence electrons. The van der Waals surface area contributed by atoms with Crippen molar-refractivity contribution in [2.24, 2.45) is 5.92 Å². The normalized spacial score (nSPS) is 20.7. The third-order valence-electron chi connectivity index (χ3n) is 9.28. The Bertz CT molecular complexity index is 1610. The van der Waals surface area contributed by atoms with Crippen molar-refractivity contribution >= 4 is 28.0 Å². The number of piperidine rings is 2. The van der Waals surface area contributed by atoms with E-state index < -0.39 is 6.09 Å². The summed E-state index contributed by atoms with van der Waals surface area (Å²) in [6, 6.07) is 11.6. The summed E-state index contributed by atoms with van der Waals surface area (Å²) < 4.78 is 28.5. The maximum atomic E-state index is 12.8. The molecule has 2 aromatic carbocycles. The predicted octanol–water partition coefficient (Wildman–Crippen LogP) is 5.15. The second kappa shape index (κ2) is 13.6. The number of aromatic amines is 1. The van der Waals surface area contributed by atoms with Crippen LogP contribution in [0.25, 0.3) is 21.9 Å². The van der Waals surface area contributed by atoms with E-state index in [1.165, 1.54) is 0 Å². The Labute approximate surface area is 263 Å². The summed E-state index contributed by atoms with van der Waals surface area (Å²) >= 11 is 0. The zero-order chi connectivity index (χ0) is 31.5. The van der Waals surface area contributed by atoms with Gasteiger partial charge in [-0.25, -0.2) is 4.79 Å². The van der Waals surface area contributed by atoms with Crippen molar-refractivity contribution in [3.63, 3.8) is 0 Å². The fraction of sp³-hybridized carbons (Fsp3) is 0.500. The van der Waals surface area contributed by atoms with E-state index in [1.54, 1.807) is 26.5 Å². The van der Waals surface area contributed by atoms with E-state index in [9.17, 15) is 9.90 Å². The summed E-state index contributed by atoms with van der Waals surface area (Å²) in [6.07, 6.45) is 3.61. The Morgan fingerprint density at radius 1 is 1.11 bits per heavy atom. The average molecular weight is 621 g/mol. The van der Waals surface area contributed by atoms with Crippen LogP contribution in [-0.4, -0.2) is 91.1 Å². The number of benzene rings is 2. The number of ether oxygens (including phenoxy) is 4. The summed E-state index contributed by atoms with van der Waals surface area (Å²) in [5, 5.41) is 14.7. The first-order valence-corrected chi connectivity index (χ1v) is 15.8. The lowest BCUT2D eigenvalue weighted by atomic mass is 9.95. The molecule has 11 heteroatoms. The lowest BCUT2D eigenvalue weighted by Crippen LogP contribution is -2.52. The molecule has 1 amide bonds. The van der Waals surface area contributed by atoms with Gasteiger partial charge in [0.25, 0.3) is 0 Å². The topological polar surface area (TPSA) is 122 Å². The van der Waals surface area contributed by atoms with Crippen LogP contribution in [-0.2, 0) is 6.61 Å². The highest BCUT2D eigenvalue weighted by atomic mass is 16.6. The van der Waals surface area contributed by atoms with Gasteiger partial charge in [-0.2, -0.15) is 0 Å². The van der Waals surface area contributed by atoms with Crippen LogP contribution in [0, 0.1) is 5.92 Å². The maximum absolute atomic E-state index is 12.8. The first-order chi connectivity index (χ1) is 21.8. The smallest absolute Gasteiger partial charge is 0.414 e. The summed E-state index contributed by atoms with van der Waals surface area (Å²) in [4.78, 5) is 21.0. The Hall–Kier alpha value is -3.93. The zero-order valence-corrected chi connectivity index (χ0v) is 26.5. The second-order valence-corrected chi connectivity index (χ2v) is 12.4. The van der Waals surface area contributed by atoms with E-state index in [0.29, 0.717) is 40.7 Å². The first-order valence-electron chi connectivity index (χ1n) is 15.8. The maximum Gasteiger partial charge on any atom is 0.414 e. The highest BCUT2D eigenvalue weighted by Gasteiger charge is 2.29. The fourth-order valence-electron chi connectivity index (χ4n) is 6.60. The van der Waals surface area contributed by atoms with Crippen molar-refractivity contribution in [3.05, 3.63) is 48.2 Å². The number of carbonyl (C=O) groups excluding carboxylic acids is 1. The van der Waals surface area contributed by atoms with Gasteiger partial charge < -0.3 is 43.7 Å². The standard InChI is InChI=1S/C34H44N4O7/c1-21-17-38(13-10-28(21)39)22(2)18-37-11-8-24(9-12-37)35-34(40)45-32-16-26-27(36-32)6-5-7-29(26)43-19-23-20-44-31-15-25(41-3)14-30(42-4)33(23)31/h5-7,14-16,20-22,24,28,36,39H,8-13,17-19H2,1-4H3,(H,35,40)/t21-,22-,28-/m0/s1. The van der Waals surface area contributed by atoms with Gasteiger partial charge in [0, 0.05) is 74.0 Å². The van der Waals surface area contributed by atoms with Crippen LogP contribution in [0.3, 0.4) is 0 Å². The summed E-state index contributed by atoms with van der Waals surface area (Å²) in [7, 11) is 3.21. The van der Waals surface area contributed by atoms with E-state index in [4.69, 9.17) is 23.4 Å². The van der Waals surface area contributed by atoms with Crippen LogP contribution < -0.4 is 24.3 Å². The molecule has 0 radical (unpaired) electrons. The van der Waals surface area contributed by atoms with Crippen molar-refractivity contribution in [2.45, 2.75) is 57.9 Å². The molecule has 3 atom stereocenters. The van der Waals surface area contributed by atoms with E-state index in [-0.39, 0.29) is 18.8 Å². The summed E-state index contributed by atoms with van der Waals surface area (Å²) in [5.74, 6) is 2.62. The van der Waals surface area contributed by atoms with Gasteiger partial charge in [-0.3, -0.25) is 4.90 Å². The molecule has 4 heterocycles. The van der Waals surface area contributed by atoms with E-state index in [0.717, 1.165) is 73.8 Å². The highest BCUT2D eigenvalue weighted by molar-refractivity contribution is 5.90. The number of aliphatic hydroxyl groups excluding tert-OH is 1. The molecule has 0 bridgehead atoms. The number of aliphatic hydroxyl groups is 1. The summed E-state index contributed by atoms with van der Waals surface area (Å²) in [5.41, 5.74) is 2.30. The summed E-state index contributed by atoms with van der Waals surface area (Å²) in [6.45, 7) is 9.41. The number of hydrogen-bond donors (Lipinski definition) is 3. The molecule has 2 fully saturated rings. The van der Waals surface area contributed by atoms with Crippen LogP contribution >= 0.6 is 0 Å². The molecule has 0 saturated carbocycles. The van der Waals surface area contributed by atoms with E-state index in [2.05, 4.69) is 33.9 Å². The molecule has 3 N–H and O–H groups in total. The van der Waals surface area contributed by atoms with Crippen LogP contribution in [0.15, 0.2) is 47.1 Å². The monoisotopic (exact) mass is 620 g/mol. The van der Waals surface area contributed by atoms with Crippen LogP contribution in [0.2, 0.25) is 0 Å². The molecule has 11 nitrogen and oxygen atoms in total. The number of rotatable bonds is 10. The number of fused-ring (bicyclic) bond motifs is 2. The van der Waals surface area contributed by atoms with E-state index in [1.807, 2.05) is 30.3 Å². The predicted molar refractivity (Wildman–Crippen MR) is 171 cm³/mol. The Morgan fingerprint density at radius 3 is 2.69 bits per heavy atom. The molecule has 2 saturated heterocycles. The zero-order valence-electron chi connectivity index (χ0n) is 26.5. The lowest BCUT2D eigenvalue weighted by Gasteiger charge is -2.41. The average Bonchev–Trinajstić information content (AvgIpc) is 3.65. The number of nitrogens with one attached hydrogen (secondary N) is 2. The van der Waals surface area contributed by atoms with Crippen LogP contribution in [0.1, 0.15) is 38.7 Å². The van der Waals surface area contributed by atoms with Gasteiger partial charge >= 0.3 is 6.09 Å². The van der Waals surface area contributed by atoms with Crippen molar-refractivity contribution < 1.29 is 33.3 Å². The molecule has 2 aromatic heterocycles. The molecule has 2 aliphatic rings. The first kappa shape index (κ1) is 31.1. The third kappa shape index (κ3) is 7.00. The molecule has 0 spiro atoms. The third-order valence-corrected chi connectivity index (χ3v) is 9.28. The largest absolute Gasteiger partial charge is 0.496 e. The molecule has 4 aromatic rings. The van der Waals surface area contributed by atoms with Gasteiger partial charge in [-0.1, -0.05) is 13.0 Å². The van der Waals surface area contributed by atoms with Crippen molar-refractivity contribution in [1.29, 1.82) is 0 Å². The number of furan rings is 1. The number of carbonyl (C=O) groups is 1. The Balaban J connectivity index is 1.01. The minimum atomic E-state index is -0.468. The molecular formula is C34H44N4O7. The van der Waals surface area contributed by atoms with Crippen molar-refractivity contribution in [3.8, 4) is 23.1 Å².